The van der Waals surface area contributed by atoms with Gasteiger partial charge in [-0.15, -0.1) is 0 Å². The molecule has 98 valence electrons. The Hall–Kier alpha value is -2.30. The lowest BCUT2D eigenvalue weighted by molar-refractivity contribution is 0.658. The first-order chi connectivity index (χ1) is 9.19. The van der Waals surface area contributed by atoms with Gasteiger partial charge < -0.3 is 5.73 Å². The fraction of sp³-hybridized carbons (Fsp3) is 0.286. The first-order valence-corrected chi connectivity index (χ1v) is 6.41. The summed E-state index contributed by atoms with van der Waals surface area (Å²) in [5.74, 6) is 0. The van der Waals surface area contributed by atoms with Crippen LogP contribution in [0.1, 0.15) is 18.3 Å². The number of benzene rings is 1. The summed E-state index contributed by atoms with van der Waals surface area (Å²) in [7, 11) is 1.92. The topological polar surface area (TPSA) is 61.7 Å². The minimum Gasteiger partial charge on any atom is -0.398 e. The Morgan fingerprint density at radius 1 is 1.21 bits per heavy atom. The van der Waals surface area contributed by atoms with E-state index >= 15 is 0 Å². The molecule has 5 heteroatoms. The maximum Gasteiger partial charge on any atom is 0.0857 e. The van der Waals surface area contributed by atoms with E-state index in [-0.39, 0.29) is 0 Å². The number of nitrogens with two attached hydrogens (primary N) is 1. The van der Waals surface area contributed by atoms with Gasteiger partial charge in [0.05, 0.1) is 23.4 Å². The van der Waals surface area contributed by atoms with Crippen molar-refractivity contribution in [1.29, 1.82) is 0 Å². The van der Waals surface area contributed by atoms with E-state index in [0.29, 0.717) is 6.54 Å². The molecular weight excluding hydrogens is 238 g/mol. The molecular formula is C14H17N5. The molecule has 0 amide bonds. The van der Waals surface area contributed by atoms with E-state index in [0.717, 1.165) is 34.4 Å². The monoisotopic (exact) mass is 255 g/mol. The maximum atomic E-state index is 6.07. The molecule has 2 aromatic heterocycles. The number of aromatic nitrogens is 4. The number of rotatable bonds is 3. The minimum absolute atomic E-state index is 0.667. The van der Waals surface area contributed by atoms with Crippen molar-refractivity contribution >= 4 is 16.6 Å². The van der Waals surface area contributed by atoms with Crippen molar-refractivity contribution in [3.8, 4) is 0 Å². The summed E-state index contributed by atoms with van der Waals surface area (Å²) >= 11 is 0. The third-order valence-electron chi connectivity index (χ3n) is 3.30. The average Bonchev–Trinajstić information content (AvgIpc) is 2.95. The minimum atomic E-state index is 0.667. The van der Waals surface area contributed by atoms with Crippen LogP contribution in [0, 0.1) is 0 Å². The molecule has 0 bridgehead atoms. The van der Waals surface area contributed by atoms with Crippen LogP contribution >= 0.6 is 0 Å². The van der Waals surface area contributed by atoms with Crippen LogP contribution in [0.2, 0.25) is 0 Å². The van der Waals surface area contributed by atoms with Crippen molar-refractivity contribution in [2.75, 3.05) is 5.73 Å². The highest BCUT2D eigenvalue weighted by atomic mass is 15.3. The molecule has 0 fully saturated rings. The lowest BCUT2D eigenvalue weighted by Gasteiger charge is -2.01. The van der Waals surface area contributed by atoms with Crippen LogP contribution in [0.25, 0.3) is 10.9 Å². The molecule has 2 heterocycles. The van der Waals surface area contributed by atoms with Crippen LogP contribution < -0.4 is 5.73 Å². The summed E-state index contributed by atoms with van der Waals surface area (Å²) in [6.07, 6.45) is 2.82. The van der Waals surface area contributed by atoms with E-state index in [1.165, 1.54) is 0 Å². The second kappa shape index (κ2) is 4.42. The van der Waals surface area contributed by atoms with E-state index < -0.39 is 0 Å². The molecule has 0 aliphatic heterocycles. The average molecular weight is 255 g/mol. The van der Waals surface area contributed by atoms with E-state index in [9.17, 15) is 0 Å². The number of nitrogens with zero attached hydrogens (tertiary/aromatic N) is 4. The zero-order valence-electron chi connectivity index (χ0n) is 11.2. The molecule has 0 aliphatic rings. The molecule has 0 spiro atoms. The van der Waals surface area contributed by atoms with Gasteiger partial charge in [-0.25, -0.2) is 0 Å². The predicted molar refractivity (Wildman–Crippen MR) is 75.8 cm³/mol. The van der Waals surface area contributed by atoms with Crippen molar-refractivity contribution in [2.24, 2.45) is 7.05 Å². The highest BCUT2D eigenvalue weighted by molar-refractivity contribution is 5.93. The summed E-state index contributed by atoms with van der Waals surface area (Å²) in [6, 6.07) is 7.95. The van der Waals surface area contributed by atoms with Gasteiger partial charge in [0.15, 0.2) is 0 Å². The lowest BCUT2D eigenvalue weighted by atomic mass is 10.1. The second-order valence-corrected chi connectivity index (χ2v) is 4.68. The van der Waals surface area contributed by atoms with Crippen molar-refractivity contribution in [3.05, 3.63) is 41.9 Å². The third-order valence-corrected chi connectivity index (χ3v) is 3.30. The van der Waals surface area contributed by atoms with Gasteiger partial charge in [-0.05, 0) is 24.6 Å². The number of fused-ring (bicyclic) bond motifs is 1. The molecule has 0 saturated carbocycles. The first-order valence-electron chi connectivity index (χ1n) is 6.41. The molecule has 19 heavy (non-hydrogen) atoms. The summed E-state index contributed by atoms with van der Waals surface area (Å²) in [5.41, 5.74) is 9.98. The molecule has 0 atom stereocenters. The summed E-state index contributed by atoms with van der Waals surface area (Å²) in [4.78, 5) is 0. The Bertz CT molecular complexity index is 723. The van der Waals surface area contributed by atoms with E-state index in [1.54, 1.807) is 4.68 Å². The van der Waals surface area contributed by atoms with Crippen molar-refractivity contribution in [2.45, 2.75) is 19.9 Å². The summed E-state index contributed by atoms with van der Waals surface area (Å²) < 4.78 is 3.78. The maximum absolute atomic E-state index is 6.07. The Kier molecular flexibility index (Phi) is 2.74. The van der Waals surface area contributed by atoms with Crippen LogP contribution in [-0.4, -0.2) is 19.6 Å². The standard InChI is InChI=1S/C14H17N5/c1-3-12-14-11(15)5-4-6-13(14)19(17-12)9-10-7-8-18(2)16-10/h4-8H,3,9,15H2,1-2H3. The van der Waals surface area contributed by atoms with Gasteiger partial charge in [0.25, 0.3) is 0 Å². The summed E-state index contributed by atoms with van der Waals surface area (Å²) in [6.45, 7) is 2.76. The molecule has 3 rings (SSSR count). The van der Waals surface area contributed by atoms with Crippen molar-refractivity contribution in [3.63, 3.8) is 0 Å². The Morgan fingerprint density at radius 2 is 2.05 bits per heavy atom. The smallest absolute Gasteiger partial charge is 0.0857 e. The van der Waals surface area contributed by atoms with Crippen LogP contribution in [-0.2, 0) is 20.0 Å². The van der Waals surface area contributed by atoms with Gasteiger partial charge in [-0.3, -0.25) is 9.36 Å². The summed E-state index contributed by atoms with van der Waals surface area (Å²) in [5, 5.41) is 10.1. The van der Waals surface area contributed by atoms with Gasteiger partial charge in [-0.1, -0.05) is 13.0 Å². The second-order valence-electron chi connectivity index (χ2n) is 4.68. The van der Waals surface area contributed by atoms with Crippen LogP contribution in [0.3, 0.4) is 0 Å². The SMILES string of the molecule is CCc1nn(Cc2ccn(C)n2)c2cccc(N)c12. The third kappa shape index (κ3) is 1.97. The molecule has 0 radical (unpaired) electrons. The first kappa shape index (κ1) is 11.8. The zero-order valence-corrected chi connectivity index (χ0v) is 11.2. The van der Waals surface area contributed by atoms with Crippen LogP contribution in [0.4, 0.5) is 5.69 Å². The van der Waals surface area contributed by atoms with Gasteiger partial charge in [0.1, 0.15) is 0 Å². The Balaban J connectivity index is 2.11. The van der Waals surface area contributed by atoms with Gasteiger partial charge in [0, 0.05) is 24.3 Å². The number of hydrogen-bond donors (Lipinski definition) is 1. The number of nitrogen functional groups attached to an aromatic ring is 1. The molecule has 5 nitrogen and oxygen atoms in total. The van der Waals surface area contributed by atoms with E-state index in [4.69, 9.17) is 5.73 Å². The fourth-order valence-corrected chi connectivity index (χ4v) is 2.41. The van der Waals surface area contributed by atoms with E-state index in [2.05, 4.69) is 23.2 Å². The van der Waals surface area contributed by atoms with Crippen molar-refractivity contribution < 1.29 is 0 Å². The molecule has 0 aliphatic carbocycles. The highest BCUT2D eigenvalue weighted by Gasteiger charge is 2.12. The number of anilines is 1. The number of hydrogen-bond acceptors (Lipinski definition) is 3. The predicted octanol–water partition coefficient (Wildman–Crippen LogP) is 1.96. The molecule has 2 N–H and O–H groups in total. The largest absolute Gasteiger partial charge is 0.398 e. The normalized spacial score (nSPS) is 11.3. The quantitative estimate of drug-likeness (QED) is 0.728. The van der Waals surface area contributed by atoms with Gasteiger partial charge >= 0.3 is 0 Å². The molecule has 0 unspecified atom stereocenters. The van der Waals surface area contributed by atoms with Gasteiger partial charge in [0.2, 0.25) is 0 Å². The van der Waals surface area contributed by atoms with Gasteiger partial charge in [-0.2, -0.15) is 10.2 Å². The zero-order chi connectivity index (χ0) is 13.4. The Morgan fingerprint density at radius 3 is 2.74 bits per heavy atom. The highest BCUT2D eigenvalue weighted by Crippen LogP contribution is 2.25. The molecule has 1 aromatic carbocycles. The van der Waals surface area contributed by atoms with Crippen molar-refractivity contribution in [1.82, 2.24) is 19.6 Å². The molecule has 3 aromatic rings. The fourth-order valence-electron chi connectivity index (χ4n) is 2.41. The van der Waals surface area contributed by atoms with Crippen LogP contribution in [0.15, 0.2) is 30.5 Å². The van der Waals surface area contributed by atoms with Crippen LogP contribution in [0.5, 0.6) is 0 Å². The number of aryl methyl sites for hydroxylation is 2. The Labute approximate surface area is 111 Å². The lowest BCUT2D eigenvalue weighted by Crippen LogP contribution is -2.03. The molecule has 0 saturated heterocycles. The van der Waals surface area contributed by atoms with E-state index in [1.807, 2.05) is 36.1 Å².